The molecule has 5 nitrogen and oxygen atoms in total. The van der Waals surface area contributed by atoms with Crippen molar-refractivity contribution < 1.29 is 9.53 Å². The smallest absolute Gasteiger partial charge is 0.356 e. The lowest BCUT2D eigenvalue weighted by Crippen LogP contribution is -2.16. The van der Waals surface area contributed by atoms with E-state index in [1.807, 2.05) is 29.4 Å². The first-order valence-corrected chi connectivity index (χ1v) is 8.73. The molecule has 2 heterocycles. The molecule has 0 amide bonds. The summed E-state index contributed by atoms with van der Waals surface area (Å²) in [7, 11) is 0. The Morgan fingerprint density at radius 2 is 2.04 bits per heavy atom. The number of halogens is 2. The van der Waals surface area contributed by atoms with E-state index in [1.165, 1.54) is 0 Å². The highest BCUT2D eigenvalue weighted by Crippen LogP contribution is 2.39. The third kappa shape index (κ3) is 2.76. The Kier molecular flexibility index (Phi) is 4.74. The normalized spacial score (nSPS) is 13.3. The van der Waals surface area contributed by atoms with Crippen LogP contribution in [-0.2, 0) is 17.7 Å². The van der Waals surface area contributed by atoms with E-state index in [0.717, 1.165) is 22.9 Å². The summed E-state index contributed by atoms with van der Waals surface area (Å²) in [6, 6.07) is 3.60. The number of benzene rings is 1. The van der Waals surface area contributed by atoms with Crippen molar-refractivity contribution in [3.05, 3.63) is 39.1 Å². The van der Waals surface area contributed by atoms with Gasteiger partial charge in [0.05, 0.1) is 23.0 Å². The van der Waals surface area contributed by atoms with Crippen LogP contribution >= 0.6 is 23.2 Å². The molecule has 0 aliphatic carbocycles. The van der Waals surface area contributed by atoms with Crippen molar-refractivity contribution in [2.75, 3.05) is 18.1 Å². The van der Waals surface area contributed by atoms with Crippen molar-refractivity contribution in [1.29, 1.82) is 0 Å². The van der Waals surface area contributed by atoms with Gasteiger partial charge in [-0.05, 0) is 38.0 Å². The van der Waals surface area contributed by atoms with Crippen LogP contribution in [0.4, 0.5) is 11.6 Å². The first-order valence-electron chi connectivity index (χ1n) is 7.97. The molecule has 1 aromatic heterocycles. The molecule has 0 atom stereocenters. The molecule has 0 unspecified atom stereocenters. The minimum absolute atomic E-state index is 0.325. The maximum atomic E-state index is 12.3. The summed E-state index contributed by atoms with van der Waals surface area (Å²) < 4.78 is 7.11. The fourth-order valence-corrected chi connectivity index (χ4v) is 3.83. The number of rotatable bonds is 4. The van der Waals surface area contributed by atoms with Gasteiger partial charge in [0.25, 0.3) is 0 Å². The second kappa shape index (κ2) is 6.65. The summed E-state index contributed by atoms with van der Waals surface area (Å²) in [5.41, 5.74) is 3.14. The van der Waals surface area contributed by atoms with Gasteiger partial charge in [0, 0.05) is 18.1 Å². The fourth-order valence-electron chi connectivity index (χ4n) is 3.13. The lowest BCUT2D eigenvalue weighted by atomic mass is 10.2. The molecule has 3 rings (SSSR count). The Morgan fingerprint density at radius 3 is 2.67 bits per heavy atom. The predicted octanol–water partition coefficient (Wildman–Crippen LogP) is 4.39. The summed E-state index contributed by atoms with van der Waals surface area (Å²) >= 11 is 12.5. The van der Waals surface area contributed by atoms with Gasteiger partial charge in [0.2, 0.25) is 5.95 Å². The second-order valence-corrected chi connectivity index (χ2v) is 6.48. The number of anilines is 2. The van der Waals surface area contributed by atoms with Gasteiger partial charge >= 0.3 is 5.97 Å². The van der Waals surface area contributed by atoms with Crippen LogP contribution < -0.4 is 4.90 Å². The molecule has 0 saturated carbocycles. The zero-order valence-electron chi connectivity index (χ0n) is 13.9. The molecule has 128 valence electrons. The zero-order valence-corrected chi connectivity index (χ0v) is 15.4. The maximum absolute atomic E-state index is 12.3. The van der Waals surface area contributed by atoms with Crippen molar-refractivity contribution in [2.24, 2.45) is 0 Å². The van der Waals surface area contributed by atoms with Crippen molar-refractivity contribution >= 4 is 40.8 Å². The average Bonchev–Trinajstić information content (AvgIpc) is 3.05. The molecule has 0 fully saturated rings. The number of imidazole rings is 1. The molecule has 0 saturated heterocycles. The number of hydrogen-bond donors (Lipinski definition) is 0. The first kappa shape index (κ1) is 17.1. The van der Waals surface area contributed by atoms with Crippen molar-refractivity contribution in [3.8, 4) is 0 Å². The summed E-state index contributed by atoms with van der Waals surface area (Å²) in [6.45, 7) is 7.44. The Bertz CT molecular complexity index is 778. The van der Waals surface area contributed by atoms with Crippen molar-refractivity contribution in [2.45, 2.75) is 33.7 Å². The van der Waals surface area contributed by atoms with Gasteiger partial charge in [-0.15, -0.1) is 0 Å². The SMILES string of the molecule is CCOC(=O)c1c(CC)nc2n1CCN2c1c(C)cc(Cl)cc1Cl. The highest BCUT2D eigenvalue weighted by Gasteiger charge is 2.32. The standard InChI is InChI=1S/C17H19Cl2N3O2/c1-4-13-15(16(23)24-5-2)22-7-6-21(17(22)20-13)14-10(3)8-11(18)9-12(14)19/h8-9H,4-7H2,1-3H3. The van der Waals surface area contributed by atoms with E-state index < -0.39 is 0 Å². The van der Waals surface area contributed by atoms with Gasteiger partial charge in [0.15, 0.2) is 5.69 Å². The topological polar surface area (TPSA) is 47.4 Å². The summed E-state index contributed by atoms with van der Waals surface area (Å²) in [6.07, 6.45) is 0.662. The molecule has 0 spiro atoms. The Labute approximate surface area is 151 Å². The van der Waals surface area contributed by atoms with Crippen LogP contribution in [0.1, 0.15) is 35.6 Å². The molecule has 0 N–H and O–H groups in total. The number of carbonyl (C=O) groups is 1. The Hall–Kier alpha value is -1.72. The lowest BCUT2D eigenvalue weighted by molar-refractivity contribution is 0.0513. The van der Waals surface area contributed by atoms with Crippen LogP contribution in [0.2, 0.25) is 10.0 Å². The van der Waals surface area contributed by atoms with Crippen LogP contribution in [-0.4, -0.2) is 28.7 Å². The molecular weight excluding hydrogens is 349 g/mol. The van der Waals surface area contributed by atoms with E-state index >= 15 is 0 Å². The van der Waals surface area contributed by atoms with Crippen LogP contribution in [0.5, 0.6) is 0 Å². The van der Waals surface area contributed by atoms with Crippen molar-refractivity contribution in [1.82, 2.24) is 9.55 Å². The molecule has 7 heteroatoms. The Morgan fingerprint density at radius 1 is 1.29 bits per heavy atom. The molecule has 2 aromatic rings. The second-order valence-electron chi connectivity index (χ2n) is 5.64. The van der Waals surface area contributed by atoms with E-state index in [4.69, 9.17) is 27.9 Å². The summed E-state index contributed by atoms with van der Waals surface area (Å²) in [4.78, 5) is 19.0. The van der Waals surface area contributed by atoms with Gasteiger partial charge in [-0.1, -0.05) is 30.1 Å². The maximum Gasteiger partial charge on any atom is 0.356 e. The fraction of sp³-hybridized carbons (Fsp3) is 0.412. The summed E-state index contributed by atoms with van der Waals surface area (Å²) in [5.74, 6) is 0.399. The molecule has 1 aromatic carbocycles. The highest BCUT2D eigenvalue weighted by atomic mass is 35.5. The van der Waals surface area contributed by atoms with Gasteiger partial charge in [-0.25, -0.2) is 9.78 Å². The monoisotopic (exact) mass is 367 g/mol. The third-order valence-electron chi connectivity index (χ3n) is 4.10. The minimum atomic E-state index is -0.325. The van der Waals surface area contributed by atoms with E-state index in [0.29, 0.717) is 41.9 Å². The first-order chi connectivity index (χ1) is 11.5. The lowest BCUT2D eigenvalue weighted by Gasteiger charge is -2.20. The average molecular weight is 368 g/mol. The molecule has 1 aliphatic rings. The van der Waals surface area contributed by atoms with E-state index in [1.54, 1.807) is 13.0 Å². The predicted molar refractivity (Wildman–Crippen MR) is 95.8 cm³/mol. The quantitative estimate of drug-likeness (QED) is 0.751. The number of esters is 1. The van der Waals surface area contributed by atoms with Crippen LogP contribution in [0, 0.1) is 6.92 Å². The van der Waals surface area contributed by atoms with Gasteiger partial charge in [0.1, 0.15) is 0 Å². The molecule has 0 radical (unpaired) electrons. The summed E-state index contributed by atoms with van der Waals surface area (Å²) in [5, 5.41) is 1.18. The van der Waals surface area contributed by atoms with E-state index in [2.05, 4.69) is 4.98 Å². The van der Waals surface area contributed by atoms with Gasteiger partial charge < -0.3 is 14.2 Å². The number of carbonyl (C=O) groups excluding carboxylic acids is 1. The van der Waals surface area contributed by atoms with Crippen LogP contribution in [0.3, 0.4) is 0 Å². The van der Waals surface area contributed by atoms with Crippen LogP contribution in [0.15, 0.2) is 12.1 Å². The number of aryl methyl sites for hydroxylation is 2. The van der Waals surface area contributed by atoms with E-state index in [9.17, 15) is 4.79 Å². The largest absolute Gasteiger partial charge is 0.461 e. The number of hydrogen-bond acceptors (Lipinski definition) is 4. The van der Waals surface area contributed by atoms with E-state index in [-0.39, 0.29) is 5.97 Å². The minimum Gasteiger partial charge on any atom is -0.461 e. The molecule has 24 heavy (non-hydrogen) atoms. The zero-order chi connectivity index (χ0) is 17.4. The highest BCUT2D eigenvalue weighted by molar-refractivity contribution is 6.36. The van der Waals surface area contributed by atoms with Crippen molar-refractivity contribution in [3.63, 3.8) is 0 Å². The molecular formula is C17H19Cl2N3O2. The number of fused-ring (bicyclic) bond motifs is 1. The Balaban J connectivity index is 2.09. The number of aromatic nitrogens is 2. The van der Waals surface area contributed by atoms with Gasteiger partial charge in [-0.3, -0.25) is 0 Å². The number of ether oxygens (including phenoxy) is 1. The third-order valence-corrected chi connectivity index (χ3v) is 4.61. The molecule has 0 bridgehead atoms. The van der Waals surface area contributed by atoms with Gasteiger partial charge in [-0.2, -0.15) is 0 Å². The number of nitrogens with zero attached hydrogens (tertiary/aromatic N) is 3. The molecule has 1 aliphatic heterocycles. The van der Waals surface area contributed by atoms with Crippen LogP contribution in [0.25, 0.3) is 0 Å².